The highest BCUT2D eigenvalue weighted by Gasteiger charge is 2.19. The fourth-order valence-electron chi connectivity index (χ4n) is 1.04. The van der Waals surface area contributed by atoms with Crippen LogP contribution in [0.5, 0.6) is 0 Å². The number of aromatic nitrogens is 2. The van der Waals surface area contributed by atoms with E-state index in [1.807, 2.05) is 0 Å². The van der Waals surface area contributed by atoms with Crippen molar-refractivity contribution in [2.24, 2.45) is 0 Å². The summed E-state index contributed by atoms with van der Waals surface area (Å²) in [5.41, 5.74) is -1.26. The van der Waals surface area contributed by atoms with E-state index >= 15 is 0 Å². The Hall–Kier alpha value is -0.490. The zero-order valence-corrected chi connectivity index (χ0v) is 9.42. The fourth-order valence-corrected chi connectivity index (χ4v) is 1.53. The first-order chi connectivity index (χ1) is 6.29. The Kier molecular flexibility index (Phi) is 3.26. The number of hydrogen-bond donors (Lipinski definition) is 1. The maximum atomic E-state index is 12.3. The molecule has 0 amide bonds. The summed E-state index contributed by atoms with van der Waals surface area (Å²) in [5.74, 6) is 0. The minimum Gasteiger partial charge on any atom is -0.389 e. The van der Waals surface area contributed by atoms with Gasteiger partial charge >= 0.3 is 0 Å². The molecule has 0 unspecified atom stereocenters. The Bertz CT molecular complexity index is 320. The highest BCUT2D eigenvalue weighted by Crippen LogP contribution is 2.25. The highest BCUT2D eigenvalue weighted by atomic mass is 79.9. The van der Waals surface area contributed by atoms with E-state index in [2.05, 4.69) is 21.0 Å². The summed E-state index contributed by atoms with van der Waals surface area (Å²) in [6.45, 7) is 3.35. The number of hydrogen-bond acceptors (Lipinski definition) is 2. The smallest absolute Gasteiger partial charge is 0.283 e. The third-order valence-corrected chi connectivity index (χ3v) is 2.11. The fraction of sp³-hybridized carbons (Fsp3) is 0.625. The van der Waals surface area contributed by atoms with Gasteiger partial charge in [0, 0.05) is 6.20 Å². The maximum Gasteiger partial charge on any atom is 0.283 e. The highest BCUT2D eigenvalue weighted by molar-refractivity contribution is 9.10. The van der Waals surface area contributed by atoms with Crippen molar-refractivity contribution in [2.45, 2.75) is 32.4 Å². The van der Waals surface area contributed by atoms with Gasteiger partial charge in [0.05, 0.1) is 16.6 Å². The van der Waals surface area contributed by atoms with Crippen LogP contribution in [0.2, 0.25) is 0 Å². The van der Waals surface area contributed by atoms with E-state index in [9.17, 15) is 13.9 Å². The summed E-state index contributed by atoms with van der Waals surface area (Å²) < 4.78 is 26.2. The minimum absolute atomic E-state index is 0.179. The normalized spacial score (nSPS) is 12.5. The quantitative estimate of drug-likeness (QED) is 0.914. The Morgan fingerprint density at radius 3 is 2.57 bits per heavy atom. The van der Waals surface area contributed by atoms with Gasteiger partial charge in [0.15, 0.2) is 0 Å². The lowest BCUT2D eigenvalue weighted by molar-refractivity contribution is 0.0567. The lowest BCUT2D eigenvalue weighted by atomic mass is 10.1. The molecule has 0 aliphatic rings. The van der Waals surface area contributed by atoms with E-state index in [0.717, 1.165) is 0 Å². The van der Waals surface area contributed by atoms with Crippen molar-refractivity contribution < 1.29 is 13.9 Å². The van der Waals surface area contributed by atoms with Gasteiger partial charge in [-0.2, -0.15) is 5.10 Å². The largest absolute Gasteiger partial charge is 0.389 e. The summed E-state index contributed by atoms with van der Waals surface area (Å²) in [6.07, 6.45) is -1.17. The van der Waals surface area contributed by atoms with Gasteiger partial charge in [0.1, 0.15) is 5.69 Å². The summed E-state index contributed by atoms with van der Waals surface area (Å²) in [5, 5.41) is 13.1. The molecule has 14 heavy (non-hydrogen) atoms. The second-order valence-electron chi connectivity index (χ2n) is 3.67. The predicted molar refractivity (Wildman–Crippen MR) is 51.2 cm³/mol. The van der Waals surface area contributed by atoms with Crippen molar-refractivity contribution in [3.05, 3.63) is 16.4 Å². The maximum absolute atomic E-state index is 12.3. The SMILES string of the molecule is CC(C)(O)Cn1cc(Br)c(C(F)F)n1. The van der Waals surface area contributed by atoms with Crippen LogP contribution >= 0.6 is 15.9 Å². The second kappa shape index (κ2) is 3.94. The van der Waals surface area contributed by atoms with Crippen LogP contribution in [0.4, 0.5) is 8.78 Å². The molecule has 0 spiro atoms. The molecule has 3 nitrogen and oxygen atoms in total. The number of rotatable bonds is 3. The van der Waals surface area contributed by atoms with Crippen LogP contribution in [-0.2, 0) is 6.54 Å². The molecular weight excluding hydrogens is 258 g/mol. The zero-order valence-electron chi connectivity index (χ0n) is 7.84. The first-order valence-corrected chi connectivity index (χ1v) is 4.82. The number of alkyl halides is 2. The second-order valence-corrected chi connectivity index (χ2v) is 4.53. The molecular formula is C8H11BrF2N2O. The summed E-state index contributed by atoms with van der Waals surface area (Å²) >= 11 is 2.98. The molecule has 0 aromatic carbocycles. The van der Waals surface area contributed by atoms with E-state index in [4.69, 9.17) is 0 Å². The number of aliphatic hydroxyl groups is 1. The van der Waals surface area contributed by atoms with E-state index in [-0.39, 0.29) is 16.7 Å². The lowest BCUT2D eigenvalue weighted by Crippen LogP contribution is -2.26. The van der Waals surface area contributed by atoms with Crippen LogP contribution in [0, 0.1) is 0 Å². The molecule has 0 atom stereocenters. The third kappa shape index (κ3) is 3.02. The van der Waals surface area contributed by atoms with Crippen molar-refractivity contribution in [1.29, 1.82) is 0 Å². The Morgan fingerprint density at radius 2 is 2.21 bits per heavy atom. The lowest BCUT2D eigenvalue weighted by Gasteiger charge is -2.16. The van der Waals surface area contributed by atoms with E-state index < -0.39 is 12.0 Å². The third-order valence-electron chi connectivity index (χ3n) is 1.50. The summed E-state index contributed by atoms with van der Waals surface area (Å²) in [7, 11) is 0. The molecule has 1 aromatic heterocycles. The predicted octanol–water partition coefficient (Wildman–Crippen LogP) is 2.35. The molecule has 0 aliphatic carbocycles. The monoisotopic (exact) mass is 268 g/mol. The van der Waals surface area contributed by atoms with Crippen molar-refractivity contribution in [3.63, 3.8) is 0 Å². The van der Waals surface area contributed by atoms with Crippen LogP contribution in [0.25, 0.3) is 0 Å². The Labute approximate surface area is 88.9 Å². The average molecular weight is 269 g/mol. The molecule has 1 aromatic rings. The van der Waals surface area contributed by atoms with Crippen LogP contribution in [0.3, 0.4) is 0 Å². The molecule has 80 valence electrons. The minimum atomic E-state index is -2.60. The molecule has 0 radical (unpaired) electrons. The molecule has 0 bridgehead atoms. The standard InChI is InChI=1S/C8H11BrF2N2O/c1-8(2,14)4-13-3-5(9)6(12-13)7(10)11/h3,7,14H,4H2,1-2H3. The van der Waals surface area contributed by atoms with E-state index in [1.54, 1.807) is 13.8 Å². The van der Waals surface area contributed by atoms with Gasteiger partial charge in [-0.3, -0.25) is 4.68 Å². The Balaban J connectivity index is 2.86. The molecule has 0 aliphatic heterocycles. The van der Waals surface area contributed by atoms with E-state index in [0.29, 0.717) is 0 Å². The molecule has 0 saturated heterocycles. The van der Waals surface area contributed by atoms with Gasteiger partial charge in [-0.15, -0.1) is 0 Å². The zero-order chi connectivity index (χ0) is 10.9. The first-order valence-electron chi connectivity index (χ1n) is 4.03. The summed E-state index contributed by atoms with van der Waals surface area (Å²) in [6, 6.07) is 0. The van der Waals surface area contributed by atoms with Crippen molar-refractivity contribution >= 4 is 15.9 Å². The van der Waals surface area contributed by atoms with Gasteiger partial charge < -0.3 is 5.11 Å². The molecule has 0 saturated carbocycles. The van der Waals surface area contributed by atoms with E-state index in [1.165, 1.54) is 10.9 Å². The summed E-state index contributed by atoms with van der Waals surface area (Å²) in [4.78, 5) is 0. The number of nitrogens with zero attached hydrogens (tertiary/aromatic N) is 2. The molecule has 0 fully saturated rings. The van der Waals surface area contributed by atoms with Crippen molar-refractivity contribution in [2.75, 3.05) is 0 Å². The van der Waals surface area contributed by atoms with Gasteiger partial charge in [-0.25, -0.2) is 8.78 Å². The van der Waals surface area contributed by atoms with Crippen molar-refractivity contribution in [1.82, 2.24) is 9.78 Å². The molecule has 1 heterocycles. The van der Waals surface area contributed by atoms with Crippen LogP contribution in [-0.4, -0.2) is 20.5 Å². The molecule has 1 N–H and O–H groups in total. The Morgan fingerprint density at radius 1 is 1.64 bits per heavy atom. The van der Waals surface area contributed by atoms with Crippen LogP contribution < -0.4 is 0 Å². The van der Waals surface area contributed by atoms with Crippen LogP contribution in [0.15, 0.2) is 10.7 Å². The van der Waals surface area contributed by atoms with Gasteiger partial charge in [-0.05, 0) is 29.8 Å². The van der Waals surface area contributed by atoms with Gasteiger partial charge in [-0.1, -0.05) is 0 Å². The topological polar surface area (TPSA) is 38.0 Å². The van der Waals surface area contributed by atoms with Gasteiger partial charge in [0.25, 0.3) is 6.43 Å². The van der Waals surface area contributed by atoms with Gasteiger partial charge in [0.2, 0.25) is 0 Å². The molecule has 6 heteroatoms. The average Bonchev–Trinajstić information content (AvgIpc) is 2.26. The van der Waals surface area contributed by atoms with Crippen LogP contribution in [0.1, 0.15) is 26.0 Å². The molecule has 1 rings (SSSR count). The first kappa shape index (κ1) is 11.6. The van der Waals surface area contributed by atoms with Crippen molar-refractivity contribution in [3.8, 4) is 0 Å². The number of halogens is 3.